The van der Waals surface area contributed by atoms with E-state index in [9.17, 15) is 33.0 Å². The highest BCUT2D eigenvalue weighted by Gasteiger charge is 2.33. The second kappa shape index (κ2) is 13.7. The lowest BCUT2D eigenvalue weighted by molar-refractivity contribution is -0.137. The second-order valence-corrected chi connectivity index (χ2v) is 9.72. The predicted octanol–water partition coefficient (Wildman–Crippen LogP) is 4.53. The van der Waals surface area contributed by atoms with Crippen molar-refractivity contribution in [1.29, 1.82) is 0 Å². The van der Waals surface area contributed by atoms with Crippen molar-refractivity contribution < 1.29 is 33.0 Å². The number of anilines is 1. The number of thiophene rings is 1. The fourth-order valence-corrected chi connectivity index (χ4v) is 4.84. The molecule has 208 valence electrons. The van der Waals surface area contributed by atoms with Crippen molar-refractivity contribution in [2.45, 2.75) is 19.6 Å². The zero-order valence-corrected chi connectivity index (χ0v) is 22.3. The number of carbonyl (C=O) groups is 2. The van der Waals surface area contributed by atoms with Crippen LogP contribution in [0.25, 0.3) is 0 Å². The summed E-state index contributed by atoms with van der Waals surface area (Å²) >= 11 is 6.77. The molecule has 4 N–H and O–H groups in total. The Morgan fingerprint density at radius 3 is 2.49 bits per heavy atom. The molecule has 1 heterocycles. The molecule has 0 radical (unpaired) electrons. The minimum atomic E-state index is -4.64. The van der Waals surface area contributed by atoms with Crippen LogP contribution in [0.1, 0.15) is 43.0 Å². The summed E-state index contributed by atoms with van der Waals surface area (Å²) < 4.78 is 39.2. The smallest absolute Gasteiger partial charge is 0.395 e. The van der Waals surface area contributed by atoms with Crippen molar-refractivity contribution in [2.75, 3.05) is 31.6 Å². The van der Waals surface area contributed by atoms with Crippen LogP contribution in [0.2, 0.25) is 5.02 Å². The third kappa shape index (κ3) is 8.35. The Kier molecular flexibility index (Phi) is 10.6. The van der Waals surface area contributed by atoms with E-state index in [1.165, 1.54) is 6.07 Å². The summed E-state index contributed by atoms with van der Waals surface area (Å²) in [4.78, 5) is 27.6. The monoisotopic (exact) mass is 582 g/mol. The van der Waals surface area contributed by atoms with E-state index >= 15 is 0 Å². The summed E-state index contributed by atoms with van der Waals surface area (Å²) in [5, 5.41) is 26.4. The zero-order chi connectivity index (χ0) is 28.6. The van der Waals surface area contributed by atoms with Crippen LogP contribution < -0.4 is 10.7 Å². The number of benzene rings is 2. The van der Waals surface area contributed by atoms with Crippen molar-refractivity contribution in [3.05, 3.63) is 86.2 Å². The van der Waals surface area contributed by atoms with Gasteiger partial charge in [-0.05, 0) is 53.3 Å². The minimum absolute atomic E-state index is 0.0684. The van der Waals surface area contributed by atoms with Gasteiger partial charge in [0.25, 0.3) is 11.8 Å². The average molecular weight is 583 g/mol. The Morgan fingerprint density at radius 1 is 1.10 bits per heavy atom. The van der Waals surface area contributed by atoms with Crippen LogP contribution >= 0.6 is 22.9 Å². The molecule has 2 aromatic carbocycles. The molecular formula is C26H26ClF3N4O4S. The molecule has 0 spiro atoms. The number of hydrogen-bond donors (Lipinski definition) is 4. The molecule has 0 unspecified atom stereocenters. The van der Waals surface area contributed by atoms with Gasteiger partial charge in [0.1, 0.15) is 5.00 Å². The van der Waals surface area contributed by atoms with Crippen LogP contribution in [-0.4, -0.2) is 59.4 Å². The maximum absolute atomic E-state index is 13.1. The van der Waals surface area contributed by atoms with Gasteiger partial charge in [0, 0.05) is 25.2 Å². The van der Waals surface area contributed by atoms with Gasteiger partial charge in [-0.15, -0.1) is 11.3 Å². The zero-order valence-electron chi connectivity index (χ0n) is 20.8. The number of nitrogens with zero attached hydrogens (tertiary/aromatic N) is 2. The molecule has 0 atom stereocenters. The summed E-state index contributed by atoms with van der Waals surface area (Å²) in [6.45, 7) is 2.70. The normalized spacial score (nSPS) is 11.8. The summed E-state index contributed by atoms with van der Waals surface area (Å²) in [5.74, 6) is -1.10. The topological polar surface area (TPSA) is 114 Å². The highest BCUT2D eigenvalue weighted by molar-refractivity contribution is 7.15. The molecular weight excluding hydrogens is 557 g/mol. The molecule has 0 saturated carbocycles. The number of carbonyl (C=O) groups excluding carboxylic acids is 2. The standard InChI is InChI=1S/C26H26ClF3N4O4S/c1-16-15-39-25(32-23(37)19-4-2-3-18(11-19)14-34(7-9-35)8-10-36)22(16)24(38)33-31-13-17-5-6-21(27)20(12-17)26(28,29)30/h2-6,11-13,15,35-36H,7-10,14H2,1H3,(H,32,37)(H,33,38). The Morgan fingerprint density at radius 2 is 1.82 bits per heavy atom. The minimum Gasteiger partial charge on any atom is -0.395 e. The highest BCUT2D eigenvalue weighted by Crippen LogP contribution is 2.35. The average Bonchev–Trinajstić information content (AvgIpc) is 3.24. The largest absolute Gasteiger partial charge is 0.417 e. The van der Waals surface area contributed by atoms with Crippen molar-refractivity contribution in [3.8, 4) is 0 Å². The number of hydrogen-bond acceptors (Lipinski definition) is 7. The van der Waals surface area contributed by atoms with Gasteiger partial charge in [-0.1, -0.05) is 29.8 Å². The third-order valence-corrected chi connectivity index (χ3v) is 6.88. The fourth-order valence-electron chi connectivity index (χ4n) is 3.68. The number of aryl methyl sites for hydroxylation is 1. The summed E-state index contributed by atoms with van der Waals surface area (Å²) in [6.07, 6.45) is -3.57. The van der Waals surface area contributed by atoms with E-state index in [0.717, 1.165) is 35.2 Å². The van der Waals surface area contributed by atoms with E-state index in [0.29, 0.717) is 30.8 Å². The number of aliphatic hydroxyl groups excluding tert-OH is 2. The van der Waals surface area contributed by atoms with Gasteiger partial charge < -0.3 is 15.5 Å². The first-order valence-electron chi connectivity index (χ1n) is 11.7. The van der Waals surface area contributed by atoms with Crippen molar-refractivity contribution in [1.82, 2.24) is 10.3 Å². The fraction of sp³-hybridized carbons (Fsp3) is 0.269. The van der Waals surface area contributed by atoms with Gasteiger partial charge in [0.2, 0.25) is 0 Å². The molecule has 39 heavy (non-hydrogen) atoms. The lowest BCUT2D eigenvalue weighted by atomic mass is 10.1. The van der Waals surface area contributed by atoms with E-state index in [4.69, 9.17) is 11.6 Å². The lowest BCUT2D eigenvalue weighted by Gasteiger charge is -2.20. The quantitative estimate of drug-likeness (QED) is 0.196. The molecule has 13 heteroatoms. The Labute approximate surface area is 231 Å². The maximum Gasteiger partial charge on any atom is 0.417 e. The number of aliphatic hydroxyl groups is 2. The van der Waals surface area contributed by atoms with Crippen LogP contribution in [0, 0.1) is 6.92 Å². The van der Waals surface area contributed by atoms with Gasteiger partial charge in [-0.25, -0.2) is 5.43 Å². The van der Waals surface area contributed by atoms with E-state index in [1.54, 1.807) is 30.5 Å². The molecule has 0 saturated heterocycles. The van der Waals surface area contributed by atoms with E-state index < -0.39 is 28.6 Å². The summed E-state index contributed by atoms with van der Waals surface area (Å²) in [5.41, 5.74) is 3.24. The molecule has 0 fully saturated rings. The van der Waals surface area contributed by atoms with Crippen molar-refractivity contribution >= 4 is 46.0 Å². The van der Waals surface area contributed by atoms with Crippen LogP contribution in [0.4, 0.5) is 18.2 Å². The van der Waals surface area contributed by atoms with Gasteiger partial charge in [0.15, 0.2) is 0 Å². The van der Waals surface area contributed by atoms with E-state index in [1.807, 2.05) is 11.0 Å². The first kappa shape index (κ1) is 30.3. The maximum atomic E-state index is 13.1. The molecule has 0 bridgehead atoms. The van der Waals surface area contributed by atoms with Crippen LogP contribution in [0.3, 0.4) is 0 Å². The van der Waals surface area contributed by atoms with Gasteiger partial charge >= 0.3 is 6.18 Å². The molecule has 3 aromatic rings. The van der Waals surface area contributed by atoms with Crippen molar-refractivity contribution in [3.63, 3.8) is 0 Å². The number of rotatable bonds is 11. The van der Waals surface area contributed by atoms with E-state index in [-0.39, 0.29) is 29.3 Å². The van der Waals surface area contributed by atoms with E-state index in [2.05, 4.69) is 15.8 Å². The van der Waals surface area contributed by atoms with Crippen LogP contribution in [0.5, 0.6) is 0 Å². The molecule has 2 amide bonds. The van der Waals surface area contributed by atoms with Gasteiger partial charge in [-0.2, -0.15) is 18.3 Å². The first-order chi connectivity index (χ1) is 18.5. The predicted molar refractivity (Wildman–Crippen MR) is 144 cm³/mol. The summed E-state index contributed by atoms with van der Waals surface area (Å²) in [6, 6.07) is 10.1. The number of amides is 2. The molecule has 0 aliphatic heterocycles. The molecule has 3 rings (SSSR count). The number of alkyl halides is 3. The SMILES string of the molecule is Cc1csc(NC(=O)c2cccc(CN(CCO)CCO)c2)c1C(=O)NN=Cc1ccc(Cl)c(C(F)(F)F)c1. The van der Waals surface area contributed by atoms with Crippen LogP contribution in [-0.2, 0) is 12.7 Å². The number of halogens is 4. The Bertz CT molecular complexity index is 1340. The molecule has 1 aromatic heterocycles. The molecule has 0 aliphatic rings. The Balaban J connectivity index is 1.70. The molecule has 0 aliphatic carbocycles. The second-order valence-electron chi connectivity index (χ2n) is 8.44. The number of nitrogens with one attached hydrogen (secondary N) is 2. The summed E-state index contributed by atoms with van der Waals surface area (Å²) in [7, 11) is 0. The van der Waals surface area contributed by atoms with Crippen LogP contribution in [0.15, 0.2) is 52.9 Å². The Hall–Kier alpha value is -3.29. The van der Waals surface area contributed by atoms with Crippen molar-refractivity contribution in [2.24, 2.45) is 5.10 Å². The number of hydrazone groups is 1. The first-order valence-corrected chi connectivity index (χ1v) is 12.9. The molecule has 8 nitrogen and oxygen atoms in total. The highest BCUT2D eigenvalue weighted by atomic mass is 35.5. The third-order valence-electron chi connectivity index (χ3n) is 5.53. The van der Waals surface area contributed by atoms with Gasteiger partial charge in [-0.3, -0.25) is 14.5 Å². The van der Waals surface area contributed by atoms with Gasteiger partial charge in [0.05, 0.1) is 35.6 Å². The lowest BCUT2D eigenvalue weighted by Crippen LogP contribution is -2.29.